The summed E-state index contributed by atoms with van der Waals surface area (Å²) in [6, 6.07) is 0.750. The second-order valence-corrected chi connectivity index (χ2v) is 6.38. The molecular formula is C16H30N2O2. The quantitative estimate of drug-likeness (QED) is 0.840. The van der Waals surface area contributed by atoms with E-state index in [1.807, 2.05) is 4.90 Å². The van der Waals surface area contributed by atoms with Crippen LogP contribution in [0.3, 0.4) is 0 Å². The SMILES string of the molecule is CCN(C(=O)C1CCC2CCCCC2N1)C(C)COC. The van der Waals surface area contributed by atoms with Crippen molar-refractivity contribution in [2.75, 3.05) is 20.3 Å². The molecule has 0 aromatic carbocycles. The van der Waals surface area contributed by atoms with Crippen LogP contribution in [-0.2, 0) is 9.53 Å². The van der Waals surface area contributed by atoms with Crippen LogP contribution in [-0.4, -0.2) is 49.2 Å². The number of hydrogen-bond acceptors (Lipinski definition) is 3. The highest BCUT2D eigenvalue weighted by Gasteiger charge is 2.36. The second kappa shape index (κ2) is 7.41. The number of nitrogens with zero attached hydrogens (tertiary/aromatic N) is 1. The molecule has 4 unspecified atom stereocenters. The zero-order chi connectivity index (χ0) is 14.5. The number of amides is 1. The lowest BCUT2D eigenvalue weighted by Crippen LogP contribution is -2.57. The Kier molecular flexibility index (Phi) is 5.85. The van der Waals surface area contributed by atoms with Crippen LogP contribution in [0.1, 0.15) is 52.4 Å². The van der Waals surface area contributed by atoms with Crippen molar-refractivity contribution in [3.8, 4) is 0 Å². The van der Waals surface area contributed by atoms with Crippen molar-refractivity contribution in [3.63, 3.8) is 0 Å². The Balaban J connectivity index is 1.94. The lowest BCUT2D eigenvalue weighted by molar-refractivity contribution is -0.137. The Morgan fingerprint density at radius 1 is 1.30 bits per heavy atom. The van der Waals surface area contributed by atoms with Gasteiger partial charge in [0.15, 0.2) is 0 Å². The van der Waals surface area contributed by atoms with Crippen molar-refractivity contribution in [3.05, 3.63) is 0 Å². The Bertz CT molecular complexity index is 322. The van der Waals surface area contributed by atoms with E-state index in [9.17, 15) is 4.79 Å². The average molecular weight is 282 g/mol. The van der Waals surface area contributed by atoms with E-state index in [1.165, 1.54) is 32.1 Å². The van der Waals surface area contributed by atoms with Gasteiger partial charge in [-0.15, -0.1) is 0 Å². The molecule has 0 spiro atoms. The summed E-state index contributed by atoms with van der Waals surface area (Å²) in [7, 11) is 1.69. The maximum atomic E-state index is 12.7. The molecule has 0 aromatic rings. The minimum absolute atomic E-state index is 0.0219. The highest BCUT2D eigenvalue weighted by Crippen LogP contribution is 2.32. The van der Waals surface area contributed by atoms with Gasteiger partial charge >= 0.3 is 0 Å². The van der Waals surface area contributed by atoms with Gasteiger partial charge in [0.2, 0.25) is 5.91 Å². The highest BCUT2D eigenvalue weighted by molar-refractivity contribution is 5.82. The van der Waals surface area contributed by atoms with Crippen LogP contribution in [0.15, 0.2) is 0 Å². The number of methoxy groups -OCH3 is 1. The fraction of sp³-hybridized carbons (Fsp3) is 0.938. The summed E-state index contributed by atoms with van der Waals surface area (Å²) in [5.41, 5.74) is 0. The summed E-state index contributed by atoms with van der Waals surface area (Å²) in [4.78, 5) is 14.7. The molecule has 2 aliphatic rings. The number of likely N-dealkylation sites (N-methyl/N-ethyl adjacent to an activating group) is 1. The largest absolute Gasteiger partial charge is 0.383 e. The van der Waals surface area contributed by atoms with Crippen LogP contribution < -0.4 is 5.32 Å². The van der Waals surface area contributed by atoms with Gasteiger partial charge in [0.25, 0.3) is 0 Å². The molecule has 0 aromatic heterocycles. The van der Waals surface area contributed by atoms with Crippen molar-refractivity contribution in [1.29, 1.82) is 0 Å². The van der Waals surface area contributed by atoms with E-state index >= 15 is 0 Å². The van der Waals surface area contributed by atoms with Crippen molar-refractivity contribution in [2.24, 2.45) is 5.92 Å². The average Bonchev–Trinajstić information content (AvgIpc) is 2.47. The fourth-order valence-corrected chi connectivity index (χ4v) is 3.91. The van der Waals surface area contributed by atoms with Gasteiger partial charge in [-0.1, -0.05) is 12.8 Å². The van der Waals surface area contributed by atoms with Crippen LogP contribution in [0.5, 0.6) is 0 Å². The summed E-state index contributed by atoms with van der Waals surface area (Å²) in [5.74, 6) is 1.07. The Morgan fingerprint density at radius 2 is 2.05 bits per heavy atom. The molecule has 1 aliphatic carbocycles. The molecule has 2 rings (SSSR count). The number of rotatable bonds is 5. The highest BCUT2D eigenvalue weighted by atomic mass is 16.5. The van der Waals surface area contributed by atoms with Crippen LogP contribution >= 0.6 is 0 Å². The van der Waals surface area contributed by atoms with Gasteiger partial charge in [-0.25, -0.2) is 0 Å². The first-order chi connectivity index (χ1) is 9.67. The molecule has 116 valence electrons. The van der Waals surface area contributed by atoms with Crippen molar-refractivity contribution >= 4 is 5.91 Å². The lowest BCUT2D eigenvalue weighted by Gasteiger charge is -2.42. The van der Waals surface area contributed by atoms with Gasteiger partial charge in [-0.3, -0.25) is 4.79 Å². The molecule has 1 heterocycles. The van der Waals surface area contributed by atoms with E-state index in [0.717, 1.165) is 18.9 Å². The number of fused-ring (bicyclic) bond motifs is 1. The maximum absolute atomic E-state index is 12.7. The molecule has 1 N–H and O–H groups in total. The fourth-order valence-electron chi connectivity index (χ4n) is 3.91. The molecule has 20 heavy (non-hydrogen) atoms. The van der Waals surface area contributed by atoms with Crippen molar-refractivity contribution < 1.29 is 9.53 Å². The summed E-state index contributed by atoms with van der Waals surface area (Å²) in [5, 5.41) is 3.63. The third-order valence-electron chi connectivity index (χ3n) is 5.01. The Labute approximate surface area is 123 Å². The molecule has 0 radical (unpaired) electrons. The smallest absolute Gasteiger partial charge is 0.240 e. The topological polar surface area (TPSA) is 41.6 Å². The maximum Gasteiger partial charge on any atom is 0.240 e. The normalized spacial score (nSPS) is 31.4. The second-order valence-electron chi connectivity index (χ2n) is 6.38. The van der Waals surface area contributed by atoms with Crippen LogP contribution in [0.4, 0.5) is 0 Å². The molecule has 1 saturated carbocycles. The van der Waals surface area contributed by atoms with Gasteiger partial charge in [0.1, 0.15) is 0 Å². The van der Waals surface area contributed by atoms with E-state index < -0.39 is 0 Å². The van der Waals surface area contributed by atoms with E-state index in [4.69, 9.17) is 4.74 Å². The molecule has 2 fully saturated rings. The molecule has 4 atom stereocenters. The zero-order valence-electron chi connectivity index (χ0n) is 13.2. The summed E-state index contributed by atoms with van der Waals surface area (Å²) < 4.78 is 5.20. The summed E-state index contributed by atoms with van der Waals surface area (Å²) >= 11 is 0. The lowest BCUT2D eigenvalue weighted by atomic mass is 9.77. The molecule has 0 bridgehead atoms. The standard InChI is InChI=1S/C16H30N2O2/c1-4-18(12(2)11-20-3)16(19)15-10-9-13-7-5-6-8-14(13)17-15/h12-15,17H,4-11H2,1-3H3. The van der Waals surface area contributed by atoms with Gasteiger partial charge in [-0.05, 0) is 45.4 Å². The first-order valence-corrected chi connectivity index (χ1v) is 8.22. The number of hydrogen-bond donors (Lipinski definition) is 1. The molecule has 4 nitrogen and oxygen atoms in total. The van der Waals surface area contributed by atoms with Crippen LogP contribution in [0.2, 0.25) is 0 Å². The molecular weight excluding hydrogens is 252 g/mol. The predicted octanol–water partition coefficient (Wildman–Crippen LogP) is 2.18. The van der Waals surface area contributed by atoms with Crippen molar-refractivity contribution in [1.82, 2.24) is 10.2 Å². The summed E-state index contributed by atoms with van der Waals surface area (Å²) in [6.07, 6.45) is 7.48. The van der Waals surface area contributed by atoms with Crippen LogP contribution in [0.25, 0.3) is 0 Å². The van der Waals surface area contributed by atoms with E-state index in [2.05, 4.69) is 19.2 Å². The predicted molar refractivity (Wildman–Crippen MR) is 80.6 cm³/mol. The minimum atomic E-state index is 0.0219. The number of carbonyl (C=O) groups is 1. The van der Waals surface area contributed by atoms with E-state index in [0.29, 0.717) is 12.6 Å². The summed E-state index contributed by atoms with van der Waals surface area (Å²) in [6.45, 7) is 5.49. The minimum Gasteiger partial charge on any atom is -0.383 e. The number of nitrogens with one attached hydrogen (secondary N) is 1. The number of ether oxygens (including phenoxy) is 1. The van der Waals surface area contributed by atoms with Gasteiger partial charge in [0, 0.05) is 19.7 Å². The van der Waals surface area contributed by atoms with Gasteiger partial charge in [0.05, 0.1) is 18.7 Å². The third-order valence-corrected chi connectivity index (χ3v) is 5.01. The number of carbonyl (C=O) groups excluding carboxylic acids is 1. The van der Waals surface area contributed by atoms with Crippen molar-refractivity contribution in [2.45, 2.75) is 70.5 Å². The molecule has 1 amide bonds. The first-order valence-electron chi connectivity index (χ1n) is 8.22. The van der Waals surface area contributed by atoms with Gasteiger partial charge in [-0.2, -0.15) is 0 Å². The third kappa shape index (κ3) is 3.53. The van der Waals surface area contributed by atoms with E-state index in [-0.39, 0.29) is 18.0 Å². The Hall–Kier alpha value is -0.610. The number of piperidine rings is 1. The molecule has 1 aliphatic heterocycles. The van der Waals surface area contributed by atoms with E-state index in [1.54, 1.807) is 7.11 Å². The van der Waals surface area contributed by atoms with Gasteiger partial charge < -0.3 is 15.0 Å². The zero-order valence-corrected chi connectivity index (χ0v) is 13.2. The Morgan fingerprint density at radius 3 is 2.75 bits per heavy atom. The first kappa shape index (κ1) is 15.8. The van der Waals surface area contributed by atoms with Crippen LogP contribution in [0, 0.1) is 5.92 Å². The monoisotopic (exact) mass is 282 g/mol. The molecule has 1 saturated heterocycles. The molecule has 4 heteroatoms.